The molecule has 1 fully saturated rings. The zero-order valence-electron chi connectivity index (χ0n) is 14.6. The van der Waals surface area contributed by atoms with Gasteiger partial charge in [0.25, 0.3) is 0 Å². The molecule has 0 saturated heterocycles. The SMILES string of the molecule is CCC(CC)CN(CC)C(C)CC(C)(NC1CC1)C(N)=O. The molecule has 21 heavy (non-hydrogen) atoms. The van der Waals surface area contributed by atoms with E-state index in [4.69, 9.17) is 5.73 Å². The molecule has 0 spiro atoms. The van der Waals surface area contributed by atoms with Crippen molar-refractivity contribution in [1.82, 2.24) is 10.2 Å². The van der Waals surface area contributed by atoms with Gasteiger partial charge in [-0.3, -0.25) is 4.79 Å². The summed E-state index contributed by atoms with van der Waals surface area (Å²) in [6, 6.07) is 0.850. The van der Waals surface area contributed by atoms with Crippen LogP contribution in [0.15, 0.2) is 0 Å². The Balaban J connectivity index is 2.64. The van der Waals surface area contributed by atoms with Crippen molar-refractivity contribution in [2.45, 2.75) is 84.3 Å². The van der Waals surface area contributed by atoms with Gasteiger partial charge in [-0.25, -0.2) is 0 Å². The molecule has 1 rings (SSSR count). The molecule has 1 amide bonds. The molecule has 1 aliphatic carbocycles. The lowest BCUT2D eigenvalue weighted by molar-refractivity contribution is -0.124. The fourth-order valence-corrected chi connectivity index (χ4v) is 3.13. The third-order valence-corrected chi connectivity index (χ3v) is 5.02. The van der Waals surface area contributed by atoms with Crippen molar-refractivity contribution in [3.63, 3.8) is 0 Å². The van der Waals surface area contributed by atoms with E-state index < -0.39 is 5.54 Å². The van der Waals surface area contributed by atoms with E-state index in [1.807, 2.05) is 6.92 Å². The van der Waals surface area contributed by atoms with E-state index in [9.17, 15) is 4.79 Å². The number of nitrogens with one attached hydrogen (secondary N) is 1. The van der Waals surface area contributed by atoms with Crippen molar-refractivity contribution in [2.75, 3.05) is 13.1 Å². The molecule has 1 saturated carbocycles. The number of primary amides is 1. The quantitative estimate of drug-likeness (QED) is 0.616. The van der Waals surface area contributed by atoms with Gasteiger partial charge in [-0.15, -0.1) is 0 Å². The van der Waals surface area contributed by atoms with Crippen LogP contribution < -0.4 is 11.1 Å². The second kappa shape index (κ2) is 8.14. The summed E-state index contributed by atoms with van der Waals surface area (Å²) >= 11 is 0. The molecule has 2 atom stereocenters. The number of carbonyl (C=O) groups is 1. The molecule has 3 N–H and O–H groups in total. The van der Waals surface area contributed by atoms with Crippen LogP contribution in [-0.2, 0) is 4.79 Å². The smallest absolute Gasteiger partial charge is 0.237 e. The summed E-state index contributed by atoms with van der Waals surface area (Å²) < 4.78 is 0. The minimum atomic E-state index is -0.581. The average Bonchev–Trinajstić information content (AvgIpc) is 3.23. The summed E-state index contributed by atoms with van der Waals surface area (Å²) in [4.78, 5) is 14.4. The first-order valence-corrected chi connectivity index (χ1v) is 8.67. The standard InChI is InChI=1S/C17H35N3O/c1-6-14(7-2)12-20(8-3)13(4)11-17(5,16(18)21)19-15-9-10-15/h13-15,19H,6-12H2,1-5H3,(H2,18,21). The van der Waals surface area contributed by atoms with Crippen molar-refractivity contribution < 1.29 is 4.79 Å². The predicted molar refractivity (Wildman–Crippen MR) is 89.2 cm³/mol. The van der Waals surface area contributed by atoms with Crippen LogP contribution >= 0.6 is 0 Å². The first-order chi connectivity index (χ1) is 9.86. The van der Waals surface area contributed by atoms with E-state index in [1.165, 1.54) is 25.7 Å². The van der Waals surface area contributed by atoms with Crippen molar-refractivity contribution in [3.8, 4) is 0 Å². The van der Waals surface area contributed by atoms with E-state index in [2.05, 4.69) is 37.9 Å². The van der Waals surface area contributed by atoms with E-state index in [0.29, 0.717) is 12.1 Å². The maximum Gasteiger partial charge on any atom is 0.237 e. The Labute approximate surface area is 130 Å². The zero-order chi connectivity index (χ0) is 16.0. The van der Waals surface area contributed by atoms with Gasteiger partial charge in [0, 0.05) is 18.6 Å². The molecular formula is C17H35N3O. The lowest BCUT2D eigenvalue weighted by Gasteiger charge is -2.37. The third kappa shape index (κ3) is 5.59. The summed E-state index contributed by atoms with van der Waals surface area (Å²) in [5.74, 6) is 0.517. The number of carbonyl (C=O) groups excluding carboxylic acids is 1. The summed E-state index contributed by atoms with van der Waals surface area (Å²) in [6.07, 6.45) is 5.55. The molecule has 0 heterocycles. The molecule has 0 aliphatic heterocycles. The highest BCUT2D eigenvalue weighted by molar-refractivity contribution is 5.84. The van der Waals surface area contributed by atoms with Gasteiger partial charge in [0.2, 0.25) is 5.91 Å². The summed E-state index contributed by atoms with van der Waals surface area (Å²) in [5.41, 5.74) is 5.09. The molecule has 1 aliphatic rings. The van der Waals surface area contributed by atoms with Crippen LogP contribution in [0.1, 0.15) is 66.7 Å². The summed E-state index contributed by atoms with van der Waals surface area (Å²) in [7, 11) is 0. The Bertz CT molecular complexity index is 326. The van der Waals surface area contributed by atoms with Gasteiger partial charge >= 0.3 is 0 Å². The normalized spacial score (nSPS) is 19.8. The Kier molecular flexibility index (Phi) is 7.14. The van der Waals surface area contributed by atoms with Gasteiger partial charge < -0.3 is 16.0 Å². The van der Waals surface area contributed by atoms with Crippen LogP contribution in [0.25, 0.3) is 0 Å². The second-order valence-corrected chi connectivity index (χ2v) is 6.94. The second-order valence-electron chi connectivity index (χ2n) is 6.94. The van der Waals surface area contributed by atoms with Gasteiger partial charge in [-0.1, -0.05) is 33.6 Å². The molecule has 0 bridgehead atoms. The first-order valence-electron chi connectivity index (χ1n) is 8.67. The van der Waals surface area contributed by atoms with Crippen LogP contribution in [0.4, 0.5) is 0 Å². The fraction of sp³-hybridized carbons (Fsp3) is 0.941. The number of nitrogens with two attached hydrogens (primary N) is 1. The van der Waals surface area contributed by atoms with Crippen LogP contribution in [-0.4, -0.2) is 41.5 Å². The van der Waals surface area contributed by atoms with Gasteiger partial charge in [0.05, 0.1) is 5.54 Å². The third-order valence-electron chi connectivity index (χ3n) is 5.02. The number of amides is 1. The minimum Gasteiger partial charge on any atom is -0.368 e. The molecule has 0 aromatic heterocycles. The highest BCUT2D eigenvalue weighted by atomic mass is 16.1. The van der Waals surface area contributed by atoms with Crippen molar-refractivity contribution in [3.05, 3.63) is 0 Å². The van der Waals surface area contributed by atoms with E-state index in [0.717, 1.165) is 25.4 Å². The minimum absolute atomic E-state index is 0.222. The molecule has 2 unspecified atom stereocenters. The van der Waals surface area contributed by atoms with E-state index in [-0.39, 0.29) is 5.91 Å². The van der Waals surface area contributed by atoms with Gasteiger partial charge in [0.15, 0.2) is 0 Å². The number of hydrogen-bond acceptors (Lipinski definition) is 3. The van der Waals surface area contributed by atoms with Crippen LogP contribution in [0.5, 0.6) is 0 Å². The lowest BCUT2D eigenvalue weighted by atomic mass is 9.91. The molecule has 4 nitrogen and oxygen atoms in total. The molecule has 124 valence electrons. The number of rotatable bonds is 11. The topological polar surface area (TPSA) is 58.4 Å². The van der Waals surface area contributed by atoms with Crippen molar-refractivity contribution in [2.24, 2.45) is 11.7 Å². The Morgan fingerprint density at radius 2 is 1.90 bits per heavy atom. The zero-order valence-corrected chi connectivity index (χ0v) is 14.6. The average molecular weight is 297 g/mol. The van der Waals surface area contributed by atoms with Gasteiger partial charge in [-0.2, -0.15) is 0 Å². The van der Waals surface area contributed by atoms with Crippen molar-refractivity contribution >= 4 is 5.91 Å². The van der Waals surface area contributed by atoms with Gasteiger partial charge in [-0.05, 0) is 45.6 Å². The van der Waals surface area contributed by atoms with Crippen LogP contribution in [0, 0.1) is 5.92 Å². The molecular weight excluding hydrogens is 262 g/mol. The highest BCUT2D eigenvalue weighted by Crippen LogP contribution is 2.26. The lowest BCUT2D eigenvalue weighted by Crippen LogP contribution is -2.57. The Hall–Kier alpha value is -0.610. The molecule has 0 aromatic rings. The first kappa shape index (κ1) is 18.4. The van der Waals surface area contributed by atoms with Crippen molar-refractivity contribution in [1.29, 1.82) is 0 Å². The molecule has 0 aromatic carbocycles. The molecule has 4 heteroatoms. The maximum absolute atomic E-state index is 11.9. The summed E-state index contributed by atoms with van der Waals surface area (Å²) in [5, 5.41) is 3.46. The summed E-state index contributed by atoms with van der Waals surface area (Å²) in [6.45, 7) is 13.0. The van der Waals surface area contributed by atoms with Crippen LogP contribution in [0.2, 0.25) is 0 Å². The number of nitrogens with zero attached hydrogens (tertiary/aromatic N) is 1. The van der Waals surface area contributed by atoms with E-state index in [1.54, 1.807) is 0 Å². The molecule has 0 radical (unpaired) electrons. The van der Waals surface area contributed by atoms with Crippen LogP contribution in [0.3, 0.4) is 0 Å². The Morgan fingerprint density at radius 3 is 2.29 bits per heavy atom. The fourth-order valence-electron chi connectivity index (χ4n) is 3.13. The monoisotopic (exact) mass is 297 g/mol. The van der Waals surface area contributed by atoms with Gasteiger partial charge in [0.1, 0.15) is 0 Å². The maximum atomic E-state index is 11.9. The largest absolute Gasteiger partial charge is 0.368 e. The highest BCUT2D eigenvalue weighted by Gasteiger charge is 2.38. The number of hydrogen-bond donors (Lipinski definition) is 2. The van der Waals surface area contributed by atoms with E-state index >= 15 is 0 Å². The predicted octanol–water partition coefficient (Wildman–Crippen LogP) is 2.52. The Morgan fingerprint density at radius 1 is 1.33 bits per heavy atom.